The predicted octanol–water partition coefficient (Wildman–Crippen LogP) is 2.31. The average molecular weight is 300 g/mol. The molecule has 2 aromatic rings. The maximum atomic E-state index is 13.6. The fourth-order valence-corrected chi connectivity index (χ4v) is 2.26. The molecule has 2 N–H and O–H groups in total. The van der Waals surface area contributed by atoms with Crippen molar-refractivity contribution in [2.24, 2.45) is 4.99 Å². The minimum absolute atomic E-state index is 0.150. The van der Waals surface area contributed by atoms with Gasteiger partial charge in [0.2, 0.25) is 0 Å². The second-order valence-corrected chi connectivity index (χ2v) is 5.45. The molecule has 0 bridgehead atoms. The Balaban J connectivity index is 1.87. The molecule has 1 aromatic carbocycles. The summed E-state index contributed by atoms with van der Waals surface area (Å²) in [6.45, 7) is 1.94. The van der Waals surface area contributed by atoms with Crippen LogP contribution in [0.4, 0.5) is 10.1 Å². The molecule has 1 aromatic heterocycles. The van der Waals surface area contributed by atoms with Crippen molar-refractivity contribution in [2.75, 3.05) is 5.73 Å². The van der Waals surface area contributed by atoms with Gasteiger partial charge in [0.05, 0.1) is 18.8 Å². The molecule has 0 aliphatic heterocycles. The van der Waals surface area contributed by atoms with E-state index in [9.17, 15) is 9.18 Å². The van der Waals surface area contributed by atoms with Crippen molar-refractivity contribution in [3.8, 4) is 0 Å². The SMILES string of the molecule is CC(=NCc1ccccc1F)c1cnn(C2CC2)c(=O)c1N. The van der Waals surface area contributed by atoms with Crippen LogP contribution in [0.3, 0.4) is 0 Å². The Hall–Kier alpha value is -2.50. The van der Waals surface area contributed by atoms with Crippen molar-refractivity contribution in [1.29, 1.82) is 0 Å². The van der Waals surface area contributed by atoms with Crippen LogP contribution < -0.4 is 11.3 Å². The Labute approximate surface area is 127 Å². The van der Waals surface area contributed by atoms with Crippen molar-refractivity contribution >= 4 is 11.4 Å². The Morgan fingerprint density at radius 3 is 2.86 bits per heavy atom. The number of hydrogen-bond donors (Lipinski definition) is 1. The van der Waals surface area contributed by atoms with Crippen LogP contribution in [-0.2, 0) is 6.54 Å². The fourth-order valence-electron chi connectivity index (χ4n) is 2.26. The second kappa shape index (κ2) is 5.71. The summed E-state index contributed by atoms with van der Waals surface area (Å²) in [5.74, 6) is -0.297. The number of benzene rings is 1. The van der Waals surface area contributed by atoms with E-state index in [0.29, 0.717) is 16.8 Å². The minimum Gasteiger partial charge on any atom is -0.394 e. The van der Waals surface area contributed by atoms with Gasteiger partial charge in [-0.3, -0.25) is 9.79 Å². The molecule has 1 heterocycles. The van der Waals surface area contributed by atoms with E-state index < -0.39 is 0 Å². The van der Waals surface area contributed by atoms with Crippen LogP contribution in [0.5, 0.6) is 0 Å². The summed E-state index contributed by atoms with van der Waals surface area (Å²) < 4.78 is 15.0. The molecule has 6 heteroatoms. The van der Waals surface area contributed by atoms with Crippen molar-refractivity contribution in [2.45, 2.75) is 32.4 Å². The van der Waals surface area contributed by atoms with Crippen LogP contribution in [0.2, 0.25) is 0 Å². The largest absolute Gasteiger partial charge is 0.394 e. The van der Waals surface area contributed by atoms with Crippen LogP contribution in [0.25, 0.3) is 0 Å². The summed E-state index contributed by atoms with van der Waals surface area (Å²) >= 11 is 0. The minimum atomic E-state index is -0.297. The lowest BCUT2D eigenvalue weighted by Crippen LogP contribution is -2.27. The molecule has 0 amide bonds. The molecule has 22 heavy (non-hydrogen) atoms. The molecule has 1 saturated carbocycles. The van der Waals surface area contributed by atoms with E-state index in [1.807, 2.05) is 0 Å². The van der Waals surface area contributed by atoms with E-state index in [-0.39, 0.29) is 29.7 Å². The molecule has 114 valence electrons. The number of aromatic nitrogens is 2. The van der Waals surface area contributed by atoms with Crippen LogP contribution in [0.1, 0.15) is 36.9 Å². The zero-order chi connectivity index (χ0) is 15.7. The lowest BCUT2D eigenvalue weighted by Gasteiger charge is -2.08. The molecular formula is C16H17FN4O. The third kappa shape index (κ3) is 2.77. The third-order valence-electron chi connectivity index (χ3n) is 3.77. The van der Waals surface area contributed by atoms with Crippen LogP contribution >= 0.6 is 0 Å². The van der Waals surface area contributed by atoms with E-state index in [1.165, 1.54) is 10.7 Å². The van der Waals surface area contributed by atoms with Gasteiger partial charge in [0.15, 0.2) is 0 Å². The average Bonchev–Trinajstić information content (AvgIpc) is 3.33. The van der Waals surface area contributed by atoms with Crippen molar-refractivity contribution in [3.05, 3.63) is 57.8 Å². The molecule has 0 radical (unpaired) electrons. The summed E-state index contributed by atoms with van der Waals surface area (Å²) in [7, 11) is 0. The smallest absolute Gasteiger partial charge is 0.290 e. The molecule has 1 fully saturated rings. The van der Waals surface area contributed by atoms with E-state index in [4.69, 9.17) is 5.73 Å². The number of hydrogen-bond acceptors (Lipinski definition) is 4. The molecular weight excluding hydrogens is 283 g/mol. The molecule has 5 nitrogen and oxygen atoms in total. The Kier molecular flexibility index (Phi) is 3.75. The van der Waals surface area contributed by atoms with E-state index in [2.05, 4.69) is 10.1 Å². The first-order valence-corrected chi connectivity index (χ1v) is 7.20. The van der Waals surface area contributed by atoms with E-state index in [0.717, 1.165) is 12.8 Å². The highest BCUT2D eigenvalue weighted by molar-refractivity contribution is 6.02. The van der Waals surface area contributed by atoms with Gasteiger partial charge in [0.1, 0.15) is 11.5 Å². The molecule has 0 atom stereocenters. The first kappa shape index (κ1) is 14.4. The number of nitrogens with two attached hydrogens (primary N) is 1. The third-order valence-corrected chi connectivity index (χ3v) is 3.77. The summed E-state index contributed by atoms with van der Waals surface area (Å²) in [4.78, 5) is 16.5. The maximum Gasteiger partial charge on any atom is 0.290 e. The number of anilines is 1. The van der Waals surface area contributed by atoms with Gasteiger partial charge in [0.25, 0.3) is 5.56 Å². The first-order valence-electron chi connectivity index (χ1n) is 7.20. The number of nitrogens with zero attached hydrogens (tertiary/aromatic N) is 3. The zero-order valence-corrected chi connectivity index (χ0v) is 12.3. The molecule has 0 saturated heterocycles. The quantitative estimate of drug-likeness (QED) is 0.881. The second-order valence-electron chi connectivity index (χ2n) is 5.45. The molecule has 0 unspecified atom stereocenters. The lowest BCUT2D eigenvalue weighted by molar-refractivity contribution is 0.600. The number of halogens is 1. The van der Waals surface area contributed by atoms with Gasteiger partial charge in [0, 0.05) is 16.8 Å². The van der Waals surface area contributed by atoms with Crippen LogP contribution in [0, 0.1) is 5.82 Å². The van der Waals surface area contributed by atoms with E-state index in [1.54, 1.807) is 31.3 Å². The molecule has 1 aliphatic carbocycles. The summed E-state index contributed by atoms with van der Waals surface area (Å²) in [6.07, 6.45) is 3.49. The highest BCUT2D eigenvalue weighted by Gasteiger charge is 2.27. The zero-order valence-electron chi connectivity index (χ0n) is 12.3. The summed E-state index contributed by atoms with van der Waals surface area (Å²) in [6, 6.07) is 6.65. The van der Waals surface area contributed by atoms with Gasteiger partial charge in [-0.1, -0.05) is 18.2 Å². The van der Waals surface area contributed by atoms with Gasteiger partial charge in [-0.15, -0.1) is 0 Å². The number of rotatable bonds is 4. The molecule has 0 spiro atoms. The van der Waals surface area contributed by atoms with Crippen LogP contribution in [0.15, 0.2) is 40.2 Å². The first-order chi connectivity index (χ1) is 10.6. The standard InChI is InChI=1S/C16H17FN4O/c1-10(19-8-11-4-2-3-5-14(11)17)13-9-20-21(12-6-7-12)16(22)15(13)18/h2-5,9,12H,6-8,18H2,1H3. The highest BCUT2D eigenvalue weighted by Crippen LogP contribution is 2.32. The number of aliphatic imine (C=N–C) groups is 1. The van der Waals surface area contributed by atoms with Gasteiger partial charge < -0.3 is 5.73 Å². The molecule has 1 aliphatic rings. The summed E-state index contributed by atoms with van der Waals surface area (Å²) in [5.41, 5.74) is 7.38. The fraction of sp³-hybridized carbons (Fsp3) is 0.312. The van der Waals surface area contributed by atoms with Crippen molar-refractivity contribution < 1.29 is 4.39 Å². The maximum absolute atomic E-state index is 13.6. The van der Waals surface area contributed by atoms with Gasteiger partial charge in [-0.25, -0.2) is 9.07 Å². The Morgan fingerprint density at radius 2 is 2.18 bits per heavy atom. The van der Waals surface area contributed by atoms with Gasteiger partial charge >= 0.3 is 0 Å². The van der Waals surface area contributed by atoms with Gasteiger partial charge in [-0.05, 0) is 25.8 Å². The Bertz CT molecular complexity index is 793. The predicted molar refractivity (Wildman–Crippen MR) is 83.5 cm³/mol. The summed E-state index contributed by atoms with van der Waals surface area (Å²) in [5, 5.41) is 4.16. The van der Waals surface area contributed by atoms with Crippen molar-refractivity contribution in [3.63, 3.8) is 0 Å². The monoisotopic (exact) mass is 300 g/mol. The topological polar surface area (TPSA) is 73.3 Å². The highest BCUT2D eigenvalue weighted by atomic mass is 19.1. The van der Waals surface area contributed by atoms with Gasteiger partial charge in [-0.2, -0.15) is 5.10 Å². The normalized spacial score (nSPS) is 15.1. The Morgan fingerprint density at radius 1 is 1.45 bits per heavy atom. The van der Waals surface area contributed by atoms with E-state index >= 15 is 0 Å². The number of nitrogen functional groups attached to an aromatic ring is 1. The lowest BCUT2D eigenvalue weighted by atomic mass is 10.1. The molecule has 3 rings (SSSR count). The van der Waals surface area contributed by atoms with Crippen LogP contribution in [-0.4, -0.2) is 15.5 Å². The van der Waals surface area contributed by atoms with Crippen molar-refractivity contribution in [1.82, 2.24) is 9.78 Å².